The van der Waals surface area contributed by atoms with Gasteiger partial charge in [-0.25, -0.2) is 0 Å². The molecule has 116 valence electrons. The Bertz CT molecular complexity index is 486. The number of hydrogen-bond acceptors (Lipinski definition) is 2. The number of carbonyl (C=O) groups is 2. The molecule has 4 nitrogen and oxygen atoms in total. The van der Waals surface area contributed by atoms with Crippen LogP contribution < -0.4 is 5.32 Å². The van der Waals surface area contributed by atoms with Crippen molar-refractivity contribution >= 4 is 40.7 Å². The van der Waals surface area contributed by atoms with E-state index in [2.05, 4.69) is 12.2 Å². The zero-order chi connectivity index (χ0) is 15.8. The smallest absolute Gasteiger partial charge is 0.243 e. The molecule has 0 aromatic heterocycles. The fourth-order valence-corrected chi connectivity index (χ4v) is 2.43. The van der Waals surface area contributed by atoms with Crippen molar-refractivity contribution in [1.29, 1.82) is 0 Å². The minimum Gasteiger partial charge on any atom is -0.334 e. The van der Waals surface area contributed by atoms with E-state index in [0.29, 0.717) is 22.3 Å². The summed E-state index contributed by atoms with van der Waals surface area (Å²) in [6, 6.07) is 4.81. The van der Waals surface area contributed by atoms with Crippen LogP contribution in [0.1, 0.15) is 33.1 Å². The van der Waals surface area contributed by atoms with Gasteiger partial charge in [-0.05, 0) is 24.6 Å². The molecule has 0 aliphatic heterocycles. The lowest BCUT2D eigenvalue weighted by Crippen LogP contribution is -2.37. The molecule has 0 radical (unpaired) electrons. The highest BCUT2D eigenvalue weighted by molar-refractivity contribution is 6.35. The van der Waals surface area contributed by atoms with Crippen molar-refractivity contribution in [3.8, 4) is 0 Å². The molecule has 1 rings (SSSR count). The van der Waals surface area contributed by atoms with E-state index >= 15 is 0 Å². The zero-order valence-corrected chi connectivity index (χ0v) is 13.8. The fraction of sp³-hybridized carbons (Fsp3) is 0.467. The lowest BCUT2D eigenvalue weighted by atomic mass is 10.2. The van der Waals surface area contributed by atoms with E-state index in [4.69, 9.17) is 23.2 Å². The first kappa shape index (κ1) is 17.8. The summed E-state index contributed by atoms with van der Waals surface area (Å²) in [5, 5.41) is 3.59. The van der Waals surface area contributed by atoms with E-state index in [-0.39, 0.29) is 18.4 Å². The van der Waals surface area contributed by atoms with Gasteiger partial charge in [0.25, 0.3) is 0 Å². The van der Waals surface area contributed by atoms with Crippen LogP contribution in [0.15, 0.2) is 18.2 Å². The minimum atomic E-state index is -0.264. The normalized spacial score (nSPS) is 10.3. The summed E-state index contributed by atoms with van der Waals surface area (Å²) in [5.41, 5.74) is 0.523. The third-order valence-corrected chi connectivity index (χ3v) is 3.39. The maximum absolute atomic E-state index is 12.0. The molecule has 0 aliphatic carbocycles. The number of amides is 2. The maximum atomic E-state index is 12.0. The van der Waals surface area contributed by atoms with Gasteiger partial charge in [-0.2, -0.15) is 0 Å². The van der Waals surface area contributed by atoms with Crippen molar-refractivity contribution in [2.75, 3.05) is 18.4 Å². The summed E-state index contributed by atoms with van der Waals surface area (Å²) in [5.74, 6) is -0.370. The van der Waals surface area contributed by atoms with E-state index in [1.54, 1.807) is 18.2 Å². The lowest BCUT2D eigenvalue weighted by molar-refractivity contribution is -0.132. The molecule has 0 unspecified atom stereocenters. The first-order valence-corrected chi connectivity index (χ1v) is 7.69. The monoisotopic (exact) mass is 330 g/mol. The number of halogens is 2. The summed E-state index contributed by atoms with van der Waals surface area (Å²) in [6.07, 6.45) is 3.00. The van der Waals surface area contributed by atoms with E-state index in [1.165, 1.54) is 11.8 Å². The van der Waals surface area contributed by atoms with Crippen molar-refractivity contribution < 1.29 is 9.59 Å². The largest absolute Gasteiger partial charge is 0.334 e. The van der Waals surface area contributed by atoms with Gasteiger partial charge >= 0.3 is 0 Å². The molecule has 0 aliphatic rings. The summed E-state index contributed by atoms with van der Waals surface area (Å²) in [4.78, 5) is 25.1. The first-order chi connectivity index (χ1) is 9.92. The van der Waals surface area contributed by atoms with Crippen LogP contribution in [-0.4, -0.2) is 29.8 Å². The SMILES string of the molecule is CCCCCN(CC(=O)Nc1cc(Cl)cc(Cl)c1)C(C)=O. The Balaban J connectivity index is 2.58. The standard InChI is InChI=1S/C15H20Cl2N2O2/c1-3-4-5-6-19(11(2)20)10-15(21)18-14-8-12(16)7-13(17)9-14/h7-9H,3-6,10H2,1-2H3,(H,18,21). The van der Waals surface area contributed by atoms with Crippen molar-refractivity contribution in [3.05, 3.63) is 28.2 Å². The van der Waals surface area contributed by atoms with Crippen LogP contribution in [-0.2, 0) is 9.59 Å². The van der Waals surface area contributed by atoms with Crippen LogP contribution in [0.3, 0.4) is 0 Å². The molecule has 0 saturated heterocycles. The molecule has 2 amide bonds. The van der Waals surface area contributed by atoms with Crippen molar-refractivity contribution in [2.24, 2.45) is 0 Å². The minimum absolute atomic E-state index is 0.0309. The predicted octanol–water partition coefficient (Wildman–Crippen LogP) is 3.97. The van der Waals surface area contributed by atoms with Crippen molar-refractivity contribution in [3.63, 3.8) is 0 Å². The van der Waals surface area contributed by atoms with E-state index in [1.807, 2.05) is 0 Å². The molecular weight excluding hydrogens is 311 g/mol. The Labute approximate surface area is 135 Å². The molecule has 0 spiro atoms. The van der Waals surface area contributed by atoms with E-state index in [0.717, 1.165) is 19.3 Å². The van der Waals surface area contributed by atoms with Crippen molar-refractivity contribution in [2.45, 2.75) is 33.1 Å². The molecule has 21 heavy (non-hydrogen) atoms. The molecule has 6 heteroatoms. The number of carbonyl (C=O) groups excluding carboxylic acids is 2. The van der Waals surface area contributed by atoms with Gasteiger partial charge in [-0.3, -0.25) is 9.59 Å². The molecule has 1 aromatic rings. The van der Waals surface area contributed by atoms with Gasteiger partial charge in [0.1, 0.15) is 0 Å². The highest BCUT2D eigenvalue weighted by Gasteiger charge is 2.13. The Morgan fingerprint density at radius 3 is 2.29 bits per heavy atom. The molecule has 0 saturated carbocycles. The second-order valence-corrected chi connectivity index (χ2v) is 5.73. The summed E-state index contributed by atoms with van der Waals surface area (Å²) < 4.78 is 0. The second-order valence-electron chi connectivity index (χ2n) is 4.85. The van der Waals surface area contributed by atoms with Gasteiger partial charge in [-0.1, -0.05) is 43.0 Å². The molecule has 0 fully saturated rings. The van der Waals surface area contributed by atoms with Gasteiger partial charge in [0.2, 0.25) is 11.8 Å². The van der Waals surface area contributed by atoms with Gasteiger partial charge in [0, 0.05) is 29.2 Å². The Morgan fingerprint density at radius 2 is 1.76 bits per heavy atom. The number of nitrogens with one attached hydrogen (secondary N) is 1. The molecular formula is C15H20Cl2N2O2. The lowest BCUT2D eigenvalue weighted by Gasteiger charge is -2.20. The summed E-state index contributed by atoms with van der Waals surface area (Å²) >= 11 is 11.7. The number of unbranched alkanes of at least 4 members (excludes halogenated alkanes) is 2. The highest BCUT2D eigenvalue weighted by atomic mass is 35.5. The van der Waals surface area contributed by atoms with Gasteiger partial charge in [-0.15, -0.1) is 0 Å². The predicted molar refractivity (Wildman–Crippen MR) is 86.9 cm³/mol. The quantitative estimate of drug-likeness (QED) is 0.769. The van der Waals surface area contributed by atoms with Crippen LogP contribution in [0.5, 0.6) is 0 Å². The number of benzene rings is 1. The van der Waals surface area contributed by atoms with Gasteiger partial charge < -0.3 is 10.2 Å². The van der Waals surface area contributed by atoms with Crippen LogP contribution in [0, 0.1) is 0 Å². The van der Waals surface area contributed by atoms with Crippen LogP contribution >= 0.6 is 23.2 Å². The third kappa shape index (κ3) is 6.82. The molecule has 0 bridgehead atoms. The Kier molecular flexibility index (Phi) is 7.54. The topological polar surface area (TPSA) is 49.4 Å². The summed E-state index contributed by atoms with van der Waals surface area (Å²) in [7, 11) is 0. The zero-order valence-electron chi connectivity index (χ0n) is 12.3. The maximum Gasteiger partial charge on any atom is 0.243 e. The third-order valence-electron chi connectivity index (χ3n) is 2.96. The molecule has 0 atom stereocenters. The average molecular weight is 331 g/mol. The van der Waals surface area contributed by atoms with E-state index in [9.17, 15) is 9.59 Å². The number of hydrogen-bond donors (Lipinski definition) is 1. The van der Waals surface area contributed by atoms with Gasteiger partial charge in [0.05, 0.1) is 6.54 Å². The first-order valence-electron chi connectivity index (χ1n) is 6.93. The average Bonchev–Trinajstić information content (AvgIpc) is 2.36. The van der Waals surface area contributed by atoms with Crippen LogP contribution in [0.25, 0.3) is 0 Å². The fourth-order valence-electron chi connectivity index (χ4n) is 1.90. The van der Waals surface area contributed by atoms with Crippen LogP contribution in [0.2, 0.25) is 10.0 Å². The second kappa shape index (κ2) is 8.90. The Hall–Kier alpha value is -1.26. The molecule has 0 heterocycles. The molecule has 1 N–H and O–H groups in total. The number of anilines is 1. The van der Waals surface area contributed by atoms with Crippen LogP contribution in [0.4, 0.5) is 5.69 Å². The summed E-state index contributed by atoms with van der Waals surface area (Å²) in [6.45, 7) is 4.18. The highest BCUT2D eigenvalue weighted by Crippen LogP contribution is 2.22. The van der Waals surface area contributed by atoms with Gasteiger partial charge in [0.15, 0.2) is 0 Å². The number of rotatable bonds is 7. The van der Waals surface area contributed by atoms with Crippen molar-refractivity contribution in [1.82, 2.24) is 4.90 Å². The van der Waals surface area contributed by atoms with E-state index < -0.39 is 0 Å². The molecule has 1 aromatic carbocycles. The Morgan fingerprint density at radius 1 is 1.14 bits per heavy atom. The number of nitrogens with zero attached hydrogens (tertiary/aromatic N) is 1.